The van der Waals surface area contributed by atoms with Crippen LogP contribution < -0.4 is 11.3 Å². The summed E-state index contributed by atoms with van der Waals surface area (Å²) >= 11 is 3.07. The number of hydrogen-bond donors (Lipinski definition) is 3. The molecular weight excluding hydrogens is 208 g/mol. The second kappa shape index (κ2) is 5.38. The first kappa shape index (κ1) is 10.7. The Morgan fingerprint density at radius 2 is 2.46 bits per heavy atom. The standard InChI is InChI=1S/C6H12N4OS2/c1-4(2-11)12-3-5-9-10-6(8-7)13-5/h4,11H,2-3,7H2,1H3,(H,8,10). The number of aromatic nitrogens is 2. The summed E-state index contributed by atoms with van der Waals surface area (Å²) in [4.78, 5) is 0. The van der Waals surface area contributed by atoms with Crippen LogP contribution in [0.5, 0.6) is 0 Å². The zero-order valence-electron chi connectivity index (χ0n) is 7.23. The van der Waals surface area contributed by atoms with Crippen molar-refractivity contribution in [2.45, 2.75) is 17.9 Å². The van der Waals surface area contributed by atoms with Gasteiger partial charge in [-0.15, -0.1) is 22.0 Å². The second-order valence-electron chi connectivity index (χ2n) is 2.45. The van der Waals surface area contributed by atoms with Gasteiger partial charge in [0.2, 0.25) is 5.13 Å². The van der Waals surface area contributed by atoms with E-state index in [-0.39, 0.29) is 11.9 Å². The number of hydrazine groups is 1. The first-order valence-electron chi connectivity index (χ1n) is 3.77. The summed E-state index contributed by atoms with van der Waals surface area (Å²) in [6, 6.07) is 0. The van der Waals surface area contributed by atoms with Crippen LogP contribution in [0.15, 0.2) is 0 Å². The van der Waals surface area contributed by atoms with Crippen LogP contribution in [0.25, 0.3) is 0 Å². The molecule has 13 heavy (non-hydrogen) atoms. The third-order valence-electron chi connectivity index (χ3n) is 1.34. The number of thioether (sulfide) groups is 1. The molecule has 1 unspecified atom stereocenters. The Kier molecular flexibility index (Phi) is 4.43. The number of nitrogen functional groups attached to an aromatic ring is 1. The molecule has 0 saturated carbocycles. The fraction of sp³-hybridized carbons (Fsp3) is 0.667. The molecule has 0 radical (unpaired) electrons. The first-order valence-corrected chi connectivity index (χ1v) is 5.64. The van der Waals surface area contributed by atoms with Gasteiger partial charge in [-0.1, -0.05) is 18.3 Å². The monoisotopic (exact) mass is 220 g/mol. The number of aliphatic hydroxyl groups excluding tert-OH is 1. The highest BCUT2D eigenvalue weighted by atomic mass is 32.2. The molecule has 0 saturated heterocycles. The van der Waals surface area contributed by atoms with Crippen molar-refractivity contribution < 1.29 is 5.11 Å². The van der Waals surface area contributed by atoms with Crippen LogP contribution in [0, 0.1) is 0 Å². The molecule has 0 amide bonds. The van der Waals surface area contributed by atoms with E-state index < -0.39 is 0 Å². The molecular formula is C6H12N4OS2. The van der Waals surface area contributed by atoms with Crippen LogP contribution in [0.4, 0.5) is 5.13 Å². The van der Waals surface area contributed by atoms with Crippen LogP contribution in [-0.4, -0.2) is 27.2 Å². The molecule has 0 bridgehead atoms. The molecule has 7 heteroatoms. The topological polar surface area (TPSA) is 84.1 Å². The first-order chi connectivity index (χ1) is 6.26. The van der Waals surface area contributed by atoms with E-state index in [0.717, 1.165) is 10.8 Å². The van der Waals surface area contributed by atoms with Crippen molar-refractivity contribution in [3.05, 3.63) is 5.01 Å². The molecule has 1 aromatic rings. The number of nitrogens with one attached hydrogen (secondary N) is 1. The molecule has 1 aromatic heterocycles. The van der Waals surface area contributed by atoms with Crippen LogP contribution in [0.3, 0.4) is 0 Å². The Morgan fingerprint density at radius 3 is 3.00 bits per heavy atom. The lowest BCUT2D eigenvalue weighted by Crippen LogP contribution is -2.05. The molecule has 0 aliphatic rings. The van der Waals surface area contributed by atoms with E-state index in [1.807, 2.05) is 6.92 Å². The molecule has 0 fully saturated rings. The minimum atomic E-state index is 0.186. The van der Waals surface area contributed by atoms with Gasteiger partial charge in [0.15, 0.2) is 0 Å². The lowest BCUT2D eigenvalue weighted by atomic mass is 10.5. The highest BCUT2D eigenvalue weighted by Crippen LogP contribution is 2.21. The number of aliphatic hydroxyl groups is 1. The highest BCUT2D eigenvalue weighted by molar-refractivity contribution is 7.99. The van der Waals surface area contributed by atoms with E-state index in [2.05, 4.69) is 15.6 Å². The minimum Gasteiger partial charge on any atom is -0.395 e. The molecule has 1 atom stereocenters. The molecule has 0 aliphatic carbocycles. The predicted molar refractivity (Wildman–Crippen MR) is 55.6 cm³/mol. The van der Waals surface area contributed by atoms with Gasteiger partial charge in [0.1, 0.15) is 5.01 Å². The normalized spacial score (nSPS) is 12.8. The van der Waals surface area contributed by atoms with Crippen LogP contribution >= 0.6 is 23.1 Å². The molecule has 1 heterocycles. The van der Waals surface area contributed by atoms with Crippen molar-refractivity contribution in [2.24, 2.45) is 5.84 Å². The molecule has 0 spiro atoms. The number of nitrogens with zero attached hydrogens (tertiary/aromatic N) is 2. The fourth-order valence-electron chi connectivity index (χ4n) is 0.637. The SMILES string of the molecule is CC(CO)SCc1nnc(NN)s1. The Hall–Kier alpha value is -0.370. The minimum absolute atomic E-state index is 0.186. The maximum absolute atomic E-state index is 8.78. The largest absolute Gasteiger partial charge is 0.395 e. The van der Waals surface area contributed by atoms with Gasteiger partial charge >= 0.3 is 0 Å². The lowest BCUT2D eigenvalue weighted by Gasteiger charge is -2.03. The fourth-order valence-corrected chi connectivity index (χ4v) is 2.11. The molecule has 5 nitrogen and oxygen atoms in total. The number of nitrogens with two attached hydrogens (primary N) is 1. The molecule has 0 aliphatic heterocycles. The zero-order chi connectivity index (χ0) is 9.68. The summed E-state index contributed by atoms with van der Waals surface area (Å²) in [7, 11) is 0. The van der Waals surface area contributed by atoms with Crippen LogP contribution in [0.1, 0.15) is 11.9 Å². The van der Waals surface area contributed by atoms with Crippen LogP contribution in [-0.2, 0) is 5.75 Å². The van der Waals surface area contributed by atoms with Gasteiger partial charge in [-0.3, -0.25) is 5.43 Å². The highest BCUT2D eigenvalue weighted by Gasteiger charge is 2.05. The van der Waals surface area contributed by atoms with E-state index in [1.165, 1.54) is 11.3 Å². The van der Waals surface area contributed by atoms with Gasteiger partial charge < -0.3 is 5.11 Å². The van der Waals surface area contributed by atoms with Gasteiger partial charge in [0.05, 0.1) is 6.61 Å². The maximum atomic E-state index is 8.78. The number of rotatable bonds is 5. The summed E-state index contributed by atoms with van der Waals surface area (Å²) in [5.74, 6) is 5.92. The van der Waals surface area contributed by atoms with Gasteiger partial charge in [-0.05, 0) is 0 Å². The van der Waals surface area contributed by atoms with Crippen LogP contribution in [0.2, 0.25) is 0 Å². The van der Waals surface area contributed by atoms with Gasteiger partial charge in [-0.25, -0.2) is 5.84 Å². The lowest BCUT2D eigenvalue weighted by molar-refractivity contribution is 0.300. The quantitative estimate of drug-likeness (QED) is 0.493. The van der Waals surface area contributed by atoms with Gasteiger partial charge in [-0.2, -0.15) is 0 Å². The van der Waals surface area contributed by atoms with Crippen molar-refractivity contribution in [2.75, 3.05) is 12.0 Å². The van der Waals surface area contributed by atoms with E-state index >= 15 is 0 Å². The maximum Gasteiger partial charge on any atom is 0.219 e. The number of anilines is 1. The summed E-state index contributed by atoms with van der Waals surface area (Å²) in [6.45, 7) is 2.15. The van der Waals surface area contributed by atoms with E-state index in [1.54, 1.807) is 11.8 Å². The summed E-state index contributed by atoms with van der Waals surface area (Å²) in [5.41, 5.74) is 2.44. The third-order valence-corrected chi connectivity index (χ3v) is 3.53. The van der Waals surface area contributed by atoms with E-state index in [0.29, 0.717) is 5.13 Å². The number of hydrogen-bond acceptors (Lipinski definition) is 7. The van der Waals surface area contributed by atoms with Crippen molar-refractivity contribution in [1.82, 2.24) is 10.2 Å². The zero-order valence-corrected chi connectivity index (χ0v) is 8.86. The van der Waals surface area contributed by atoms with E-state index in [9.17, 15) is 0 Å². The summed E-state index contributed by atoms with van der Waals surface area (Å²) in [5, 5.41) is 18.3. The Labute approximate surface area is 84.7 Å². The van der Waals surface area contributed by atoms with Crippen molar-refractivity contribution >= 4 is 28.2 Å². The van der Waals surface area contributed by atoms with E-state index in [4.69, 9.17) is 10.9 Å². The second-order valence-corrected chi connectivity index (χ2v) is 4.94. The molecule has 4 N–H and O–H groups in total. The van der Waals surface area contributed by atoms with Crippen molar-refractivity contribution in [1.29, 1.82) is 0 Å². The van der Waals surface area contributed by atoms with Crippen molar-refractivity contribution in [3.8, 4) is 0 Å². The molecule has 74 valence electrons. The average Bonchev–Trinajstić information content (AvgIpc) is 2.61. The Morgan fingerprint density at radius 1 is 1.69 bits per heavy atom. The van der Waals surface area contributed by atoms with Gasteiger partial charge in [0.25, 0.3) is 0 Å². The Balaban J connectivity index is 2.36. The summed E-state index contributed by atoms with van der Waals surface area (Å²) in [6.07, 6.45) is 0. The smallest absolute Gasteiger partial charge is 0.219 e. The summed E-state index contributed by atoms with van der Waals surface area (Å²) < 4.78 is 0. The molecule has 0 aromatic carbocycles. The predicted octanol–water partition coefficient (Wildman–Crippen LogP) is 0.438. The Bertz CT molecular complexity index is 255. The van der Waals surface area contributed by atoms with Gasteiger partial charge in [0, 0.05) is 11.0 Å². The third kappa shape index (κ3) is 3.47. The molecule has 1 rings (SSSR count). The van der Waals surface area contributed by atoms with Crippen molar-refractivity contribution in [3.63, 3.8) is 0 Å². The average molecular weight is 220 g/mol.